The van der Waals surface area contributed by atoms with Crippen LogP contribution in [0.2, 0.25) is 0 Å². The first-order valence-corrected chi connectivity index (χ1v) is 9.31. The van der Waals surface area contributed by atoms with Gasteiger partial charge in [-0.2, -0.15) is 0 Å². The Morgan fingerprint density at radius 3 is 2.54 bits per heavy atom. The first-order valence-electron chi connectivity index (χ1n) is 9.31. The molecule has 28 heavy (non-hydrogen) atoms. The highest BCUT2D eigenvalue weighted by molar-refractivity contribution is 6.06. The van der Waals surface area contributed by atoms with E-state index in [-0.39, 0.29) is 5.91 Å². The number of hydrogen-bond donors (Lipinski definition) is 1. The second-order valence-electron chi connectivity index (χ2n) is 6.76. The van der Waals surface area contributed by atoms with Crippen LogP contribution in [0.15, 0.2) is 54.7 Å². The number of hydrogen-bond acceptors (Lipinski definition) is 4. The van der Waals surface area contributed by atoms with E-state index >= 15 is 0 Å². The zero-order valence-electron chi connectivity index (χ0n) is 15.6. The minimum atomic E-state index is -0.430. The molecule has 0 atom stereocenters. The predicted molar refractivity (Wildman–Crippen MR) is 106 cm³/mol. The number of imidazole rings is 1. The van der Waals surface area contributed by atoms with Crippen molar-refractivity contribution in [2.75, 3.05) is 12.4 Å². The van der Waals surface area contributed by atoms with E-state index in [4.69, 9.17) is 4.98 Å². The smallest absolute Gasteiger partial charge is 0.337 e. The van der Waals surface area contributed by atoms with Crippen LogP contribution in [0, 0.1) is 0 Å². The number of anilines is 1. The van der Waals surface area contributed by atoms with Gasteiger partial charge in [-0.3, -0.25) is 4.79 Å². The van der Waals surface area contributed by atoms with E-state index in [1.54, 1.807) is 24.3 Å². The highest BCUT2D eigenvalue weighted by Crippen LogP contribution is 2.29. The lowest BCUT2D eigenvalue weighted by atomic mass is 10.1. The summed E-state index contributed by atoms with van der Waals surface area (Å²) in [5.41, 5.74) is 3.34. The van der Waals surface area contributed by atoms with E-state index in [1.165, 1.54) is 13.5 Å². The van der Waals surface area contributed by atoms with Crippen LogP contribution in [0.4, 0.5) is 5.69 Å². The zero-order chi connectivity index (χ0) is 19.5. The molecule has 4 rings (SSSR count). The molecular formula is C22H21N3O3. The molecule has 0 spiro atoms. The number of nitrogens with one attached hydrogen (secondary N) is 1. The van der Waals surface area contributed by atoms with E-state index in [9.17, 15) is 9.59 Å². The summed E-state index contributed by atoms with van der Waals surface area (Å²) in [4.78, 5) is 29.0. The zero-order valence-corrected chi connectivity index (χ0v) is 15.6. The third-order valence-corrected chi connectivity index (χ3v) is 4.93. The van der Waals surface area contributed by atoms with Crippen LogP contribution in [0.5, 0.6) is 0 Å². The molecule has 6 nitrogen and oxygen atoms in total. The topological polar surface area (TPSA) is 73.2 Å². The van der Waals surface area contributed by atoms with Crippen LogP contribution >= 0.6 is 0 Å². The van der Waals surface area contributed by atoms with E-state index in [1.807, 2.05) is 24.3 Å². The fraction of sp³-hybridized carbons (Fsp3) is 0.227. The fourth-order valence-electron chi connectivity index (χ4n) is 3.43. The van der Waals surface area contributed by atoms with Crippen molar-refractivity contribution in [2.45, 2.75) is 25.8 Å². The summed E-state index contributed by atoms with van der Waals surface area (Å²) in [7, 11) is 1.33. The normalized spacial score (nSPS) is 12.9. The number of benzene rings is 2. The number of ether oxygens (including phenoxy) is 1. The van der Waals surface area contributed by atoms with E-state index < -0.39 is 5.97 Å². The first-order chi connectivity index (χ1) is 13.7. The molecule has 0 unspecified atom stereocenters. The van der Waals surface area contributed by atoms with Crippen LogP contribution in [0.3, 0.4) is 0 Å². The molecule has 1 amide bonds. The molecule has 0 saturated heterocycles. The Hall–Kier alpha value is -3.41. The number of fused-ring (bicyclic) bond motifs is 1. The summed E-state index contributed by atoms with van der Waals surface area (Å²) in [6, 6.07) is 14.0. The van der Waals surface area contributed by atoms with Gasteiger partial charge in [0.2, 0.25) is 0 Å². The minimum absolute atomic E-state index is 0.243. The lowest BCUT2D eigenvalue weighted by Gasteiger charge is -2.11. The van der Waals surface area contributed by atoms with Gasteiger partial charge in [-0.1, -0.05) is 18.2 Å². The van der Waals surface area contributed by atoms with Gasteiger partial charge < -0.3 is 14.6 Å². The largest absolute Gasteiger partial charge is 0.465 e. The molecule has 1 aliphatic heterocycles. The number of esters is 1. The van der Waals surface area contributed by atoms with Crippen molar-refractivity contribution in [1.29, 1.82) is 0 Å². The van der Waals surface area contributed by atoms with Gasteiger partial charge >= 0.3 is 5.97 Å². The average Bonchev–Trinajstić information content (AvgIpc) is 3.17. The van der Waals surface area contributed by atoms with Crippen molar-refractivity contribution in [3.8, 4) is 11.3 Å². The maximum Gasteiger partial charge on any atom is 0.337 e. The number of aromatic nitrogens is 2. The summed E-state index contributed by atoms with van der Waals surface area (Å²) in [5, 5.41) is 2.96. The maximum absolute atomic E-state index is 12.7. The number of rotatable bonds is 4. The molecule has 142 valence electrons. The summed E-state index contributed by atoms with van der Waals surface area (Å²) in [5.74, 6) is 0.426. The van der Waals surface area contributed by atoms with Gasteiger partial charge in [0, 0.05) is 30.3 Å². The summed E-state index contributed by atoms with van der Waals surface area (Å²) >= 11 is 0. The number of para-hydroxylation sites is 1. The fourth-order valence-corrected chi connectivity index (χ4v) is 3.43. The maximum atomic E-state index is 12.7. The third kappa shape index (κ3) is 3.53. The van der Waals surface area contributed by atoms with E-state index in [0.29, 0.717) is 16.8 Å². The summed E-state index contributed by atoms with van der Waals surface area (Å²) in [6.45, 7) is 0.989. The molecule has 2 aromatic carbocycles. The van der Waals surface area contributed by atoms with Crippen LogP contribution < -0.4 is 5.32 Å². The summed E-state index contributed by atoms with van der Waals surface area (Å²) < 4.78 is 6.88. The van der Waals surface area contributed by atoms with Gasteiger partial charge in [0.15, 0.2) is 0 Å². The molecular weight excluding hydrogens is 354 g/mol. The Kier molecular flexibility index (Phi) is 4.93. The van der Waals surface area contributed by atoms with Crippen LogP contribution in [-0.4, -0.2) is 28.5 Å². The third-order valence-electron chi connectivity index (χ3n) is 4.93. The van der Waals surface area contributed by atoms with Gasteiger partial charge in [0.25, 0.3) is 5.91 Å². The van der Waals surface area contributed by atoms with Gasteiger partial charge in [-0.25, -0.2) is 9.78 Å². The van der Waals surface area contributed by atoms with Crippen molar-refractivity contribution in [2.24, 2.45) is 0 Å². The number of carbonyl (C=O) groups excluding carboxylic acids is 2. The molecule has 0 saturated carbocycles. The van der Waals surface area contributed by atoms with Crippen LogP contribution in [0.1, 0.15) is 39.4 Å². The predicted octanol–water partition coefficient (Wildman–Crippen LogP) is 3.93. The lowest BCUT2D eigenvalue weighted by molar-refractivity contribution is 0.0600. The Morgan fingerprint density at radius 2 is 1.79 bits per heavy atom. The molecule has 0 aliphatic carbocycles. The van der Waals surface area contributed by atoms with Gasteiger partial charge in [-0.05, 0) is 43.2 Å². The number of aryl methyl sites for hydroxylation is 2. The highest BCUT2D eigenvalue weighted by Gasteiger charge is 2.16. The van der Waals surface area contributed by atoms with E-state index in [0.717, 1.165) is 36.5 Å². The number of methoxy groups -OCH3 is 1. The second kappa shape index (κ2) is 7.68. The Morgan fingerprint density at radius 1 is 1.04 bits per heavy atom. The van der Waals surface area contributed by atoms with Crippen LogP contribution in [0.25, 0.3) is 11.3 Å². The van der Waals surface area contributed by atoms with Crippen molar-refractivity contribution in [1.82, 2.24) is 9.55 Å². The van der Waals surface area contributed by atoms with Crippen molar-refractivity contribution < 1.29 is 14.3 Å². The molecule has 2 heterocycles. The van der Waals surface area contributed by atoms with Crippen molar-refractivity contribution in [3.05, 3.63) is 71.7 Å². The molecule has 3 aromatic rings. The minimum Gasteiger partial charge on any atom is -0.465 e. The summed E-state index contributed by atoms with van der Waals surface area (Å²) in [6.07, 6.45) is 5.38. The molecule has 0 bridgehead atoms. The first kappa shape index (κ1) is 18.0. The van der Waals surface area contributed by atoms with Gasteiger partial charge in [0.05, 0.1) is 24.1 Å². The second-order valence-corrected chi connectivity index (χ2v) is 6.76. The van der Waals surface area contributed by atoms with Crippen LogP contribution in [-0.2, 0) is 17.7 Å². The highest BCUT2D eigenvalue weighted by atomic mass is 16.5. The quantitative estimate of drug-likeness (QED) is 0.702. The SMILES string of the molecule is COC(=O)c1ccc(C(=O)Nc2ccccc2-c2cn3c(n2)CCCC3)cc1. The Bertz CT molecular complexity index is 998. The average molecular weight is 375 g/mol. The molecule has 0 fully saturated rings. The molecule has 1 N–H and O–H groups in total. The van der Waals surface area contributed by atoms with E-state index in [2.05, 4.69) is 20.8 Å². The number of amides is 1. The Labute approximate surface area is 163 Å². The van der Waals surface area contributed by atoms with Crippen molar-refractivity contribution in [3.63, 3.8) is 0 Å². The standard InChI is InChI=1S/C22H21N3O3/c1-28-22(27)16-11-9-15(10-12-16)21(26)24-18-7-3-2-6-17(18)19-14-25-13-5-4-8-20(25)23-19/h2-3,6-7,9-12,14H,4-5,8,13H2,1H3,(H,24,26). The Balaban J connectivity index is 1.58. The number of carbonyl (C=O) groups is 2. The van der Waals surface area contributed by atoms with Gasteiger partial charge in [0.1, 0.15) is 5.82 Å². The molecule has 6 heteroatoms. The monoisotopic (exact) mass is 375 g/mol. The molecule has 1 aromatic heterocycles. The lowest BCUT2D eigenvalue weighted by Crippen LogP contribution is -2.13. The number of nitrogens with zero attached hydrogens (tertiary/aromatic N) is 2. The molecule has 1 aliphatic rings. The van der Waals surface area contributed by atoms with Crippen molar-refractivity contribution >= 4 is 17.6 Å². The molecule has 0 radical (unpaired) electrons. The van der Waals surface area contributed by atoms with Gasteiger partial charge in [-0.15, -0.1) is 0 Å².